The maximum absolute atomic E-state index is 12.4. The Balaban J connectivity index is 2.11. The van der Waals surface area contributed by atoms with Gasteiger partial charge in [-0.2, -0.15) is 4.31 Å². The number of morpholine rings is 1. The van der Waals surface area contributed by atoms with Gasteiger partial charge in [0.1, 0.15) is 0 Å². The van der Waals surface area contributed by atoms with Gasteiger partial charge in [-0.05, 0) is 31.5 Å². The summed E-state index contributed by atoms with van der Waals surface area (Å²) in [5.74, 6) is -1.16. The highest BCUT2D eigenvalue weighted by molar-refractivity contribution is 7.88. The minimum atomic E-state index is -3.43. The van der Waals surface area contributed by atoms with Crippen LogP contribution in [-0.4, -0.2) is 49.1 Å². The molecule has 1 aliphatic heterocycles. The van der Waals surface area contributed by atoms with Crippen molar-refractivity contribution in [2.45, 2.75) is 31.8 Å². The fraction of sp³-hybridized carbons (Fsp3) is 0.500. The zero-order chi connectivity index (χ0) is 15.6. The van der Waals surface area contributed by atoms with Crippen LogP contribution in [0.4, 0.5) is 0 Å². The van der Waals surface area contributed by atoms with E-state index in [0.717, 1.165) is 0 Å². The molecule has 1 aromatic carbocycles. The topological polar surface area (TPSA) is 83.9 Å². The molecule has 2 atom stereocenters. The van der Waals surface area contributed by atoms with Crippen LogP contribution in [-0.2, 0) is 20.5 Å². The maximum atomic E-state index is 12.4. The first-order valence-corrected chi connectivity index (χ1v) is 8.34. The molecule has 21 heavy (non-hydrogen) atoms. The normalized spacial score (nSPS) is 23.9. The van der Waals surface area contributed by atoms with E-state index in [0.29, 0.717) is 18.7 Å². The van der Waals surface area contributed by atoms with Crippen LogP contribution in [0.5, 0.6) is 0 Å². The molecule has 0 saturated carbocycles. The van der Waals surface area contributed by atoms with Gasteiger partial charge in [0.15, 0.2) is 0 Å². The van der Waals surface area contributed by atoms with E-state index in [-0.39, 0.29) is 23.5 Å². The van der Waals surface area contributed by atoms with Crippen molar-refractivity contribution < 1.29 is 23.1 Å². The van der Waals surface area contributed by atoms with Crippen molar-refractivity contribution in [1.82, 2.24) is 4.31 Å². The molecule has 7 heteroatoms. The van der Waals surface area contributed by atoms with E-state index in [4.69, 9.17) is 9.84 Å². The van der Waals surface area contributed by atoms with Crippen molar-refractivity contribution in [3.05, 3.63) is 35.4 Å². The van der Waals surface area contributed by atoms with Gasteiger partial charge in [0.05, 0.1) is 23.5 Å². The Morgan fingerprint density at radius 3 is 2.24 bits per heavy atom. The van der Waals surface area contributed by atoms with Crippen molar-refractivity contribution in [2.24, 2.45) is 0 Å². The minimum Gasteiger partial charge on any atom is -0.478 e. The van der Waals surface area contributed by atoms with Crippen molar-refractivity contribution >= 4 is 16.0 Å². The largest absolute Gasteiger partial charge is 0.478 e. The molecule has 0 aromatic heterocycles. The first kappa shape index (κ1) is 15.9. The number of benzene rings is 1. The smallest absolute Gasteiger partial charge is 0.335 e. The number of nitrogens with zero attached hydrogens (tertiary/aromatic N) is 1. The summed E-state index contributed by atoms with van der Waals surface area (Å²) < 4.78 is 31.8. The van der Waals surface area contributed by atoms with Crippen molar-refractivity contribution in [3.63, 3.8) is 0 Å². The monoisotopic (exact) mass is 313 g/mol. The average molecular weight is 313 g/mol. The zero-order valence-electron chi connectivity index (χ0n) is 12.0. The van der Waals surface area contributed by atoms with Crippen LogP contribution < -0.4 is 0 Å². The SMILES string of the molecule is CC1CN(S(=O)(=O)Cc2ccc(C(=O)O)cc2)CC(C)O1. The van der Waals surface area contributed by atoms with E-state index >= 15 is 0 Å². The Hall–Kier alpha value is -1.44. The minimum absolute atomic E-state index is 0.127. The number of carboxylic acid groups (broad SMARTS) is 1. The van der Waals surface area contributed by atoms with Crippen molar-refractivity contribution in [1.29, 1.82) is 0 Å². The summed E-state index contributed by atoms with van der Waals surface area (Å²) in [5.41, 5.74) is 0.719. The molecular formula is C14H19NO5S. The molecule has 116 valence electrons. The molecule has 1 saturated heterocycles. The predicted octanol–water partition coefficient (Wildman–Crippen LogP) is 1.32. The number of sulfonamides is 1. The summed E-state index contributed by atoms with van der Waals surface area (Å²) in [6.45, 7) is 4.39. The Bertz CT molecular complexity index is 601. The lowest BCUT2D eigenvalue weighted by molar-refractivity contribution is -0.0441. The van der Waals surface area contributed by atoms with Gasteiger partial charge in [0, 0.05) is 13.1 Å². The summed E-state index contributed by atoms with van der Waals surface area (Å²) in [7, 11) is -3.43. The number of hydrogen-bond acceptors (Lipinski definition) is 4. The molecule has 1 fully saturated rings. The maximum Gasteiger partial charge on any atom is 0.335 e. The van der Waals surface area contributed by atoms with E-state index in [1.165, 1.54) is 28.6 Å². The van der Waals surface area contributed by atoms with Crippen LogP contribution in [0.1, 0.15) is 29.8 Å². The standard InChI is InChI=1S/C14H19NO5S/c1-10-7-15(8-11(2)20-10)21(18,19)9-12-3-5-13(6-4-12)14(16)17/h3-6,10-11H,7-9H2,1-2H3,(H,16,17). The Morgan fingerprint density at radius 2 is 1.76 bits per heavy atom. The van der Waals surface area contributed by atoms with E-state index < -0.39 is 16.0 Å². The van der Waals surface area contributed by atoms with Gasteiger partial charge in [-0.3, -0.25) is 0 Å². The summed E-state index contributed by atoms with van der Waals surface area (Å²) in [5, 5.41) is 8.83. The Morgan fingerprint density at radius 1 is 1.24 bits per heavy atom. The molecule has 1 aromatic rings. The van der Waals surface area contributed by atoms with E-state index in [1.807, 2.05) is 13.8 Å². The number of carboxylic acids is 1. The van der Waals surface area contributed by atoms with E-state index in [1.54, 1.807) is 0 Å². The lowest BCUT2D eigenvalue weighted by atomic mass is 10.1. The molecule has 0 amide bonds. The van der Waals surface area contributed by atoms with Crippen molar-refractivity contribution in [3.8, 4) is 0 Å². The first-order chi connectivity index (χ1) is 9.78. The first-order valence-electron chi connectivity index (χ1n) is 6.73. The quantitative estimate of drug-likeness (QED) is 0.906. The summed E-state index contributed by atoms with van der Waals surface area (Å²) in [6, 6.07) is 5.90. The van der Waals surface area contributed by atoms with Crippen LogP contribution in [0.3, 0.4) is 0 Å². The molecule has 1 N–H and O–H groups in total. The predicted molar refractivity (Wildman–Crippen MR) is 77.6 cm³/mol. The van der Waals surface area contributed by atoms with Gasteiger partial charge in [-0.15, -0.1) is 0 Å². The molecule has 2 rings (SSSR count). The van der Waals surface area contributed by atoms with Gasteiger partial charge < -0.3 is 9.84 Å². The zero-order valence-corrected chi connectivity index (χ0v) is 12.8. The van der Waals surface area contributed by atoms with Crippen LogP contribution in [0.2, 0.25) is 0 Å². The fourth-order valence-electron chi connectivity index (χ4n) is 2.40. The number of aromatic carboxylic acids is 1. The number of rotatable bonds is 4. The van der Waals surface area contributed by atoms with E-state index in [9.17, 15) is 13.2 Å². The van der Waals surface area contributed by atoms with Gasteiger partial charge in [0.25, 0.3) is 0 Å². The van der Waals surface area contributed by atoms with E-state index in [2.05, 4.69) is 0 Å². The molecule has 6 nitrogen and oxygen atoms in total. The number of hydrogen-bond donors (Lipinski definition) is 1. The third-order valence-corrected chi connectivity index (χ3v) is 5.11. The number of carbonyl (C=O) groups is 1. The Kier molecular flexibility index (Phi) is 4.65. The highest BCUT2D eigenvalue weighted by atomic mass is 32.2. The van der Waals surface area contributed by atoms with Crippen LogP contribution >= 0.6 is 0 Å². The molecule has 0 spiro atoms. The third kappa shape index (κ3) is 4.03. The highest BCUT2D eigenvalue weighted by Crippen LogP contribution is 2.18. The Labute approximate surface area is 124 Å². The van der Waals surface area contributed by atoms with Gasteiger partial charge >= 0.3 is 5.97 Å². The fourth-order valence-corrected chi connectivity index (χ4v) is 4.07. The molecule has 0 radical (unpaired) electrons. The second kappa shape index (κ2) is 6.13. The lowest BCUT2D eigenvalue weighted by Crippen LogP contribution is -2.48. The molecule has 0 bridgehead atoms. The second-order valence-corrected chi connectivity index (χ2v) is 7.30. The highest BCUT2D eigenvalue weighted by Gasteiger charge is 2.30. The molecular weight excluding hydrogens is 294 g/mol. The lowest BCUT2D eigenvalue weighted by Gasteiger charge is -2.34. The molecule has 0 aliphatic carbocycles. The second-order valence-electron chi connectivity index (χ2n) is 5.33. The summed E-state index contributed by atoms with van der Waals surface area (Å²) in [4.78, 5) is 10.8. The summed E-state index contributed by atoms with van der Waals surface area (Å²) in [6.07, 6.45) is -0.254. The third-order valence-electron chi connectivity index (χ3n) is 3.33. The van der Waals surface area contributed by atoms with Crippen LogP contribution in [0, 0.1) is 0 Å². The average Bonchev–Trinajstić information content (AvgIpc) is 2.37. The summed E-state index contributed by atoms with van der Waals surface area (Å²) >= 11 is 0. The van der Waals surface area contributed by atoms with Crippen LogP contribution in [0.15, 0.2) is 24.3 Å². The molecule has 2 unspecified atom stereocenters. The van der Waals surface area contributed by atoms with Crippen LogP contribution in [0.25, 0.3) is 0 Å². The van der Waals surface area contributed by atoms with Gasteiger partial charge in [-0.1, -0.05) is 12.1 Å². The number of ether oxygens (including phenoxy) is 1. The van der Waals surface area contributed by atoms with Crippen molar-refractivity contribution in [2.75, 3.05) is 13.1 Å². The molecule has 1 heterocycles. The molecule has 1 aliphatic rings. The van der Waals surface area contributed by atoms with Gasteiger partial charge in [0.2, 0.25) is 10.0 Å². The van der Waals surface area contributed by atoms with Gasteiger partial charge in [-0.25, -0.2) is 13.2 Å².